The summed E-state index contributed by atoms with van der Waals surface area (Å²) in [6.45, 7) is 3.58. The van der Waals surface area contributed by atoms with Gasteiger partial charge in [0.25, 0.3) is 5.69 Å². The molecule has 2 aromatic carbocycles. The first-order valence-electron chi connectivity index (χ1n) is 8.56. The average molecular weight is 368 g/mol. The summed E-state index contributed by atoms with van der Waals surface area (Å²) in [5.41, 5.74) is 2.51. The summed E-state index contributed by atoms with van der Waals surface area (Å²) in [4.78, 5) is 37.0. The highest BCUT2D eigenvalue weighted by atomic mass is 16.6. The van der Waals surface area contributed by atoms with E-state index in [1.165, 1.54) is 12.1 Å². The van der Waals surface area contributed by atoms with E-state index in [1.54, 1.807) is 35.2 Å². The van der Waals surface area contributed by atoms with Crippen LogP contribution in [0.3, 0.4) is 0 Å². The number of anilines is 3. The van der Waals surface area contributed by atoms with Gasteiger partial charge in [-0.25, -0.2) is 0 Å². The first-order valence-corrected chi connectivity index (χ1v) is 8.56. The molecule has 3 rings (SSSR count). The largest absolute Gasteiger partial charge is 0.376 e. The molecule has 140 valence electrons. The second-order valence-electron chi connectivity index (χ2n) is 6.49. The van der Waals surface area contributed by atoms with Gasteiger partial charge in [0.2, 0.25) is 11.8 Å². The summed E-state index contributed by atoms with van der Waals surface area (Å²) in [6.07, 6.45) is 0.191. The number of rotatable bonds is 4. The highest BCUT2D eigenvalue weighted by Gasteiger charge is 2.29. The molecular formula is C19H20N4O4. The second-order valence-corrected chi connectivity index (χ2v) is 6.49. The van der Waals surface area contributed by atoms with Crippen LogP contribution in [0.4, 0.5) is 22.7 Å². The molecule has 0 aromatic heterocycles. The van der Waals surface area contributed by atoms with Crippen LogP contribution >= 0.6 is 0 Å². The monoisotopic (exact) mass is 368 g/mol. The molecule has 0 saturated heterocycles. The van der Waals surface area contributed by atoms with Crippen LogP contribution in [-0.4, -0.2) is 29.3 Å². The Kier molecular flexibility index (Phi) is 5.07. The molecule has 8 nitrogen and oxygen atoms in total. The highest BCUT2D eigenvalue weighted by molar-refractivity contribution is 6.05. The molecule has 1 aliphatic heterocycles. The Bertz CT molecular complexity index is 912. The van der Waals surface area contributed by atoms with Gasteiger partial charge in [-0.1, -0.05) is 18.2 Å². The maximum Gasteiger partial charge on any atom is 0.271 e. The minimum atomic E-state index is -0.475. The van der Waals surface area contributed by atoms with Crippen molar-refractivity contribution in [3.8, 4) is 0 Å². The number of amides is 2. The number of carbonyl (C=O) groups is 2. The van der Waals surface area contributed by atoms with Crippen LogP contribution in [0.15, 0.2) is 42.5 Å². The maximum absolute atomic E-state index is 12.9. The van der Waals surface area contributed by atoms with Crippen LogP contribution < -0.4 is 15.5 Å². The van der Waals surface area contributed by atoms with Crippen molar-refractivity contribution in [1.29, 1.82) is 0 Å². The Morgan fingerprint density at radius 2 is 2.07 bits per heavy atom. The van der Waals surface area contributed by atoms with Gasteiger partial charge in [0.05, 0.1) is 22.8 Å². The van der Waals surface area contributed by atoms with E-state index in [-0.39, 0.29) is 36.5 Å². The van der Waals surface area contributed by atoms with E-state index < -0.39 is 4.92 Å². The Hall–Kier alpha value is -3.42. The molecule has 0 bridgehead atoms. The number of hydrogen-bond donors (Lipinski definition) is 2. The number of nitro groups is 1. The SMILES string of the molecule is Cc1ccc([N+](=O)[O-])cc1NCC(=O)N1c2ccccc2NC(=O)CC1C. The molecule has 0 spiro atoms. The minimum Gasteiger partial charge on any atom is -0.376 e. The molecule has 8 heteroatoms. The summed E-state index contributed by atoms with van der Waals surface area (Å²) in [6, 6.07) is 11.3. The molecule has 1 aliphatic rings. The van der Waals surface area contributed by atoms with E-state index in [9.17, 15) is 19.7 Å². The molecule has 1 unspecified atom stereocenters. The second kappa shape index (κ2) is 7.45. The van der Waals surface area contributed by atoms with Crippen LogP contribution in [0.25, 0.3) is 0 Å². The third-order valence-corrected chi connectivity index (χ3v) is 4.49. The Labute approximate surface area is 156 Å². The molecule has 2 aromatic rings. The number of carbonyl (C=O) groups excluding carboxylic acids is 2. The molecule has 1 heterocycles. The smallest absolute Gasteiger partial charge is 0.271 e. The molecule has 0 radical (unpaired) electrons. The summed E-state index contributed by atoms with van der Waals surface area (Å²) in [5.74, 6) is -0.370. The number of nitrogens with zero attached hydrogens (tertiary/aromatic N) is 2. The lowest BCUT2D eigenvalue weighted by Gasteiger charge is -2.28. The normalized spacial score (nSPS) is 16.1. The minimum absolute atomic E-state index is 0.0427. The van der Waals surface area contributed by atoms with E-state index in [1.807, 2.05) is 13.8 Å². The maximum atomic E-state index is 12.9. The van der Waals surface area contributed by atoms with E-state index in [4.69, 9.17) is 0 Å². The summed E-state index contributed by atoms with van der Waals surface area (Å²) < 4.78 is 0. The van der Waals surface area contributed by atoms with Crippen LogP contribution in [0.2, 0.25) is 0 Å². The fraction of sp³-hybridized carbons (Fsp3) is 0.263. The topological polar surface area (TPSA) is 105 Å². The summed E-state index contributed by atoms with van der Waals surface area (Å²) in [7, 11) is 0. The van der Waals surface area contributed by atoms with Gasteiger partial charge in [0.15, 0.2) is 0 Å². The number of fused-ring (bicyclic) bond motifs is 1. The number of nitro benzene ring substituents is 1. The third-order valence-electron chi connectivity index (χ3n) is 4.49. The van der Waals surface area contributed by atoms with Crippen molar-refractivity contribution in [3.63, 3.8) is 0 Å². The van der Waals surface area contributed by atoms with E-state index in [0.717, 1.165) is 5.56 Å². The van der Waals surface area contributed by atoms with Crippen molar-refractivity contribution in [2.45, 2.75) is 26.3 Å². The Morgan fingerprint density at radius 3 is 2.81 bits per heavy atom. The van der Waals surface area contributed by atoms with Crippen molar-refractivity contribution in [2.24, 2.45) is 0 Å². The molecule has 2 N–H and O–H groups in total. The zero-order chi connectivity index (χ0) is 19.6. The molecular weight excluding hydrogens is 348 g/mol. The van der Waals surface area contributed by atoms with Gasteiger partial charge in [-0.2, -0.15) is 0 Å². The number of para-hydroxylation sites is 2. The van der Waals surface area contributed by atoms with Crippen molar-refractivity contribution in [1.82, 2.24) is 0 Å². The molecule has 0 fully saturated rings. The van der Waals surface area contributed by atoms with Crippen molar-refractivity contribution in [3.05, 3.63) is 58.1 Å². The lowest BCUT2D eigenvalue weighted by atomic mass is 10.1. The summed E-state index contributed by atoms with van der Waals surface area (Å²) >= 11 is 0. The van der Waals surface area contributed by atoms with Crippen molar-refractivity contribution < 1.29 is 14.5 Å². The number of nitrogens with one attached hydrogen (secondary N) is 2. The summed E-state index contributed by atoms with van der Waals surface area (Å²) in [5, 5.41) is 16.8. The first-order chi connectivity index (χ1) is 12.9. The lowest BCUT2D eigenvalue weighted by Crippen LogP contribution is -2.42. The molecule has 2 amide bonds. The third kappa shape index (κ3) is 3.89. The fourth-order valence-corrected chi connectivity index (χ4v) is 3.14. The molecule has 0 aliphatic carbocycles. The van der Waals surface area contributed by atoms with E-state index in [0.29, 0.717) is 17.1 Å². The first kappa shape index (κ1) is 18.4. The number of benzene rings is 2. The average Bonchev–Trinajstić information content (AvgIpc) is 2.74. The van der Waals surface area contributed by atoms with Gasteiger partial charge in [-0.3, -0.25) is 19.7 Å². The van der Waals surface area contributed by atoms with Gasteiger partial charge in [-0.15, -0.1) is 0 Å². The standard InChI is InChI=1S/C19H20N4O4/c1-12-7-8-14(23(26)27)10-16(12)20-11-19(25)22-13(2)9-18(24)21-15-5-3-4-6-17(15)22/h3-8,10,13,20H,9,11H2,1-2H3,(H,21,24). The van der Waals surface area contributed by atoms with Gasteiger partial charge in [-0.05, 0) is 31.5 Å². The molecule has 27 heavy (non-hydrogen) atoms. The predicted octanol–water partition coefficient (Wildman–Crippen LogP) is 3.08. The Morgan fingerprint density at radius 1 is 1.33 bits per heavy atom. The molecule has 0 saturated carbocycles. The van der Waals surface area contributed by atoms with Crippen LogP contribution in [-0.2, 0) is 9.59 Å². The quantitative estimate of drug-likeness (QED) is 0.637. The van der Waals surface area contributed by atoms with Gasteiger partial charge < -0.3 is 15.5 Å². The van der Waals surface area contributed by atoms with E-state index >= 15 is 0 Å². The van der Waals surface area contributed by atoms with Gasteiger partial charge in [0.1, 0.15) is 0 Å². The Balaban J connectivity index is 1.83. The van der Waals surface area contributed by atoms with Crippen LogP contribution in [0.1, 0.15) is 18.9 Å². The van der Waals surface area contributed by atoms with Crippen molar-refractivity contribution >= 4 is 34.6 Å². The van der Waals surface area contributed by atoms with Crippen LogP contribution in [0, 0.1) is 17.0 Å². The van der Waals surface area contributed by atoms with E-state index in [2.05, 4.69) is 10.6 Å². The lowest BCUT2D eigenvalue weighted by molar-refractivity contribution is -0.384. The predicted molar refractivity (Wildman–Crippen MR) is 103 cm³/mol. The zero-order valence-electron chi connectivity index (χ0n) is 15.1. The molecule has 1 atom stereocenters. The number of non-ortho nitro benzene ring substituents is 1. The van der Waals surface area contributed by atoms with Crippen molar-refractivity contribution in [2.75, 3.05) is 22.1 Å². The van der Waals surface area contributed by atoms with Gasteiger partial charge in [0, 0.05) is 30.3 Å². The highest BCUT2D eigenvalue weighted by Crippen LogP contribution is 2.31. The number of aryl methyl sites for hydroxylation is 1. The zero-order valence-corrected chi connectivity index (χ0v) is 15.1. The van der Waals surface area contributed by atoms with Gasteiger partial charge >= 0.3 is 0 Å². The number of hydrogen-bond acceptors (Lipinski definition) is 5. The fourth-order valence-electron chi connectivity index (χ4n) is 3.14. The van der Waals surface area contributed by atoms with Crippen LogP contribution in [0.5, 0.6) is 0 Å².